The van der Waals surface area contributed by atoms with Crippen molar-refractivity contribution in [3.05, 3.63) is 0 Å². The molecule has 1 aliphatic rings. The van der Waals surface area contributed by atoms with E-state index in [0.717, 1.165) is 17.9 Å². The maximum absolute atomic E-state index is 3.29. The Morgan fingerprint density at radius 2 is 2.15 bits per heavy atom. The van der Waals surface area contributed by atoms with Crippen molar-refractivity contribution in [2.75, 3.05) is 26.7 Å². The third kappa shape index (κ3) is 2.96. The summed E-state index contributed by atoms with van der Waals surface area (Å²) in [6.45, 7) is 10.7. The lowest BCUT2D eigenvalue weighted by Crippen LogP contribution is -2.35. The molecule has 2 heteroatoms. The Kier molecular flexibility index (Phi) is 4.20. The standard InChI is InChI=1S/C11H24N2/c1-9(2)8-13-6-5-11(7-12-4)10(13)3/h9-12H,5-8H2,1-4H3. The molecule has 1 N–H and O–H groups in total. The zero-order chi connectivity index (χ0) is 9.84. The van der Waals surface area contributed by atoms with Crippen LogP contribution in [0.15, 0.2) is 0 Å². The Morgan fingerprint density at radius 1 is 1.46 bits per heavy atom. The van der Waals surface area contributed by atoms with Crippen molar-refractivity contribution in [2.45, 2.75) is 33.2 Å². The lowest BCUT2D eigenvalue weighted by atomic mass is 10.0. The molecule has 0 radical (unpaired) electrons. The number of likely N-dealkylation sites (tertiary alicyclic amines) is 1. The Balaban J connectivity index is 2.35. The molecule has 0 bridgehead atoms. The molecule has 2 atom stereocenters. The second-order valence-corrected chi connectivity index (χ2v) is 4.74. The van der Waals surface area contributed by atoms with E-state index in [1.165, 1.54) is 26.1 Å². The van der Waals surface area contributed by atoms with Gasteiger partial charge in [-0.05, 0) is 45.3 Å². The summed E-state index contributed by atoms with van der Waals surface area (Å²) in [5.74, 6) is 1.67. The minimum atomic E-state index is 0.773. The van der Waals surface area contributed by atoms with E-state index in [0.29, 0.717) is 0 Å². The van der Waals surface area contributed by atoms with Gasteiger partial charge in [0, 0.05) is 12.6 Å². The van der Waals surface area contributed by atoms with E-state index < -0.39 is 0 Å². The maximum atomic E-state index is 3.29. The Labute approximate surface area is 82.7 Å². The van der Waals surface area contributed by atoms with Crippen LogP contribution < -0.4 is 5.32 Å². The number of hydrogen-bond donors (Lipinski definition) is 1. The molecule has 1 rings (SSSR count). The Hall–Kier alpha value is -0.0800. The van der Waals surface area contributed by atoms with Crippen LogP contribution in [0.5, 0.6) is 0 Å². The highest BCUT2D eigenvalue weighted by Gasteiger charge is 2.29. The third-order valence-electron chi connectivity index (χ3n) is 3.11. The molecule has 0 spiro atoms. The average molecular weight is 184 g/mol. The fraction of sp³-hybridized carbons (Fsp3) is 1.00. The summed E-state index contributed by atoms with van der Waals surface area (Å²) >= 11 is 0. The highest BCUT2D eigenvalue weighted by molar-refractivity contribution is 4.85. The third-order valence-corrected chi connectivity index (χ3v) is 3.11. The van der Waals surface area contributed by atoms with Crippen molar-refractivity contribution in [1.82, 2.24) is 10.2 Å². The molecule has 1 fully saturated rings. The predicted molar refractivity (Wildman–Crippen MR) is 57.9 cm³/mol. The Morgan fingerprint density at radius 3 is 2.69 bits per heavy atom. The number of hydrogen-bond acceptors (Lipinski definition) is 2. The molecule has 0 aromatic carbocycles. The Bertz CT molecular complexity index is 145. The molecule has 78 valence electrons. The van der Waals surface area contributed by atoms with E-state index >= 15 is 0 Å². The number of nitrogens with one attached hydrogen (secondary N) is 1. The molecule has 0 saturated carbocycles. The molecule has 1 saturated heterocycles. The molecule has 0 aliphatic carbocycles. The lowest BCUT2D eigenvalue weighted by Gasteiger charge is -2.26. The van der Waals surface area contributed by atoms with Gasteiger partial charge in [0.05, 0.1) is 0 Å². The molecule has 0 amide bonds. The number of rotatable bonds is 4. The zero-order valence-corrected chi connectivity index (χ0v) is 9.51. The molecule has 2 unspecified atom stereocenters. The van der Waals surface area contributed by atoms with Gasteiger partial charge in [0.1, 0.15) is 0 Å². The van der Waals surface area contributed by atoms with Gasteiger partial charge in [-0.15, -0.1) is 0 Å². The van der Waals surface area contributed by atoms with Crippen LogP contribution >= 0.6 is 0 Å². The molecule has 1 aliphatic heterocycles. The smallest absolute Gasteiger partial charge is 0.0108 e. The first-order valence-electron chi connectivity index (χ1n) is 5.53. The van der Waals surface area contributed by atoms with E-state index in [4.69, 9.17) is 0 Å². The summed E-state index contributed by atoms with van der Waals surface area (Å²) in [5.41, 5.74) is 0. The second kappa shape index (κ2) is 4.97. The molecular formula is C11H24N2. The van der Waals surface area contributed by atoms with Gasteiger partial charge in [0.2, 0.25) is 0 Å². The molecule has 1 heterocycles. The highest BCUT2D eigenvalue weighted by Crippen LogP contribution is 2.23. The largest absolute Gasteiger partial charge is 0.319 e. The normalized spacial score (nSPS) is 30.2. The van der Waals surface area contributed by atoms with E-state index in [1.54, 1.807) is 0 Å². The van der Waals surface area contributed by atoms with Crippen LogP contribution in [0.4, 0.5) is 0 Å². The van der Waals surface area contributed by atoms with Crippen molar-refractivity contribution >= 4 is 0 Å². The van der Waals surface area contributed by atoms with Crippen LogP contribution in [0.2, 0.25) is 0 Å². The van der Waals surface area contributed by atoms with Crippen molar-refractivity contribution in [2.24, 2.45) is 11.8 Å². The van der Waals surface area contributed by atoms with Crippen LogP contribution in [0, 0.1) is 11.8 Å². The molecule has 2 nitrogen and oxygen atoms in total. The van der Waals surface area contributed by atoms with Gasteiger partial charge in [-0.2, -0.15) is 0 Å². The summed E-state index contributed by atoms with van der Waals surface area (Å²) < 4.78 is 0. The summed E-state index contributed by atoms with van der Waals surface area (Å²) in [4.78, 5) is 2.63. The highest BCUT2D eigenvalue weighted by atomic mass is 15.2. The van der Waals surface area contributed by atoms with Crippen LogP contribution in [0.1, 0.15) is 27.2 Å². The van der Waals surface area contributed by atoms with Crippen molar-refractivity contribution in [1.29, 1.82) is 0 Å². The van der Waals surface area contributed by atoms with E-state index in [9.17, 15) is 0 Å². The minimum Gasteiger partial charge on any atom is -0.319 e. The van der Waals surface area contributed by atoms with E-state index in [2.05, 4.69) is 38.0 Å². The first kappa shape index (κ1) is 11.0. The second-order valence-electron chi connectivity index (χ2n) is 4.74. The van der Waals surface area contributed by atoms with Crippen LogP contribution in [-0.4, -0.2) is 37.6 Å². The van der Waals surface area contributed by atoms with Crippen molar-refractivity contribution in [3.8, 4) is 0 Å². The topological polar surface area (TPSA) is 15.3 Å². The lowest BCUT2D eigenvalue weighted by molar-refractivity contribution is 0.216. The first-order valence-corrected chi connectivity index (χ1v) is 5.53. The van der Waals surface area contributed by atoms with Crippen LogP contribution in [0.3, 0.4) is 0 Å². The van der Waals surface area contributed by atoms with Crippen molar-refractivity contribution < 1.29 is 0 Å². The van der Waals surface area contributed by atoms with Gasteiger partial charge >= 0.3 is 0 Å². The summed E-state index contributed by atoms with van der Waals surface area (Å²) in [5, 5.41) is 3.29. The predicted octanol–water partition coefficient (Wildman–Crippen LogP) is 1.57. The van der Waals surface area contributed by atoms with Crippen molar-refractivity contribution in [3.63, 3.8) is 0 Å². The average Bonchev–Trinajstić information content (AvgIpc) is 2.36. The molecule has 0 aromatic rings. The molecular weight excluding hydrogens is 160 g/mol. The van der Waals surface area contributed by atoms with Gasteiger partial charge < -0.3 is 10.2 Å². The van der Waals surface area contributed by atoms with Gasteiger partial charge in [-0.25, -0.2) is 0 Å². The number of nitrogens with zero attached hydrogens (tertiary/aromatic N) is 1. The first-order chi connectivity index (χ1) is 6.15. The maximum Gasteiger partial charge on any atom is 0.0108 e. The quantitative estimate of drug-likeness (QED) is 0.713. The monoisotopic (exact) mass is 184 g/mol. The van der Waals surface area contributed by atoms with Gasteiger partial charge in [0.15, 0.2) is 0 Å². The van der Waals surface area contributed by atoms with Gasteiger partial charge in [-0.3, -0.25) is 0 Å². The zero-order valence-electron chi connectivity index (χ0n) is 9.51. The molecule has 13 heavy (non-hydrogen) atoms. The van der Waals surface area contributed by atoms with Gasteiger partial charge in [-0.1, -0.05) is 13.8 Å². The van der Waals surface area contributed by atoms with Crippen LogP contribution in [0.25, 0.3) is 0 Å². The molecule has 0 aromatic heterocycles. The van der Waals surface area contributed by atoms with E-state index in [1.807, 2.05) is 0 Å². The summed E-state index contributed by atoms with van der Waals surface area (Å²) in [6, 6.07) is 0.773. The SMILES string of the molecule is CNCC1CCN(CC(C)C)C1C. The van der Waals surface area contributed by atoms with E-state index in [-0.39, 0.29) is 0 Å². The fourth-order valence-electron chi connectivity index (χ4n) is 2.34. The van der Waals surface area contributed by atoms with Gasteiger partial charge in [0.25, 0.3) is 0 Å². The minimum absolute atomic E-state index is 0.773. The summed E-state index contributed by atoms with van der Waals surface area (Å²) in [6.07, 6.45) is 1.37. The van der Waals surface area contributed by atoms with Crippen LogP contribution in [-0.2, 0) is 0 Å². The fourth-order valence-corrected chi connectivity index (χ4v) is 2.34. The summed E-state index contributed by atoms with van der Waals surface area (Å²) in [7, 11) is 2.05.